The lowest BCUT2D eigenvalue weighted by Gasteiger charge is -2.08. The summed E-state index contributed by atoms with van der Waals surface area (Å²) in [7, 11) is -3.23. The van der Waals surface area contributed by atoms with E-state index < -0.39 is 10.0 Å². The number of nitrogens with one attached hydrogen (secondary N) is 2. The normalized spacial score (nSPS) is 11.9. The number of anilines is 1. The Bertz CT molecular complexity index is 670. The summed E-state index contributed by atoms with van der Waals surface area (Å²) in [4.78, 5) is 8.41. The molecule has 0 atom stereocenters. The third-order valence-electron chi connectivity index (χ3n) is 2.37. The van der Waals surface area contributed by atoms with Crippen LogP contribution in [-0.2, 0) is 10.0 Å². The van der Waals surface area contributed by atoms with Gasteiger partial charge in [-0.05, 0) is 15.9 Å². The molecule has 2 rings (SSSR count). The molecule has 0 aliphatic rings. The Kier molecular flexibility index (Phi) is 4.38. The quantitative estimate of drug-likeness (QED) is 0.808. The second-order valence-electron chi connectivity index (χ2n) is 3.81. The summed E-state index contributed by atoms with van der Waals surface area (Å²) >= 11 is 3.29. The molecule has 0 aromatic carbocycles. The van der Waals surface area contributed by atoms with Crippen LogP contribution in [0.25, 0.3) is 5.65 Å². The molecular weight excluding hydrogens is 334 g/mol. The first kappa shape index (κ1) is 14.2. The monoisotopic (exact) mass is 347 g/mol. The van der Waals surface area contributed by atoms with Crippen molar-refractivity contribution in [3.05, 3.63) is 23.2 Å². The summed E-state index contributed by atoms with van der Waals surface area (Å²) in [5.74, 6) is 0.535. The maximum Gasteiger partial charge on any atom is 0.213 e. The molecule has 19 heavy (non-hydrogen) atoms. The van der Waals surface area contributed by atoms with Gasteiger partial charge in [-0.15, -0.1) is 0 Å². The number of hydrogen-bond acceptors (Lipinski definition) is 5. The first-order chi connectivity index (χ1) is 9.02. The van der Waals surface area contributed by atoms with E-state index in [1.54, 1.807) is 29.9 Å². The van der Waals surface area contributed by atoms with Crippen molar-refractivity contribution < 1.29 is 8.42 Å². The van der Waals surface area contributed by atoms with Gasteiger partial charge >= 0.3 is 0 Å². The van der Waals surface area contributed by atoms with E-state index >= 15 is 0 Å². The molecule has 104 valence electrons. The number of rotatable bonds is 6. The van der Waals surface area contributed by atoms with Gasteiger partial charge in [0.15, 0.2) is 11.5 Å². The molecule has 0 spiro atoms. The van der Waals surface area contributed by atoms with E-state index in [4.69, 9.17) is 0 Å². The van der Waals surface area contributed by atoms with Crippen LogP contribution in [0, 0.1) is 0 Å². The van der Waals surface area contributed by atoms with E-state index in [1.165, 1.54) is 0 Å². The lowest BCUT2D eigenvalue weighted by molar-refractivity contribution is 0.584. The van der Waals surface area contributed by atoms with Gasteiger partial charge in [0, 0.05) is 31.7 Å². The molecule has 2 aromatic heterocycles. The van der Waals surface area contributed by atoms with E-state index in [-0.39, 0.29) is 12.3 Å². The van der Waals surface area contributed by atoms with Gasteiger partial charge in [0.1, 0.15) is 4.60 Å². The lowest BCUT2D eigenvalue weighted by atomic mass is 10.5. The molecule has 0 amide bonds. The van der Waals surface area contributed by atoms with Gasteiger partial charge in [-0.2, -0.15) is 0 Å². The maximum absolute atomic E-state index is 11.5. The van der Waals surface area contributed by atoms with Crippen LogP contribution in [0.5, 0.6) is 0 Å². The summed E-state index contributed by atoms with van der Waals surface area (Å²) in [5.41, 5.74) is 0.657. The van der Waals surface area contributed by atoms with Crippen molar-refractivity contribution in [1.29, 1.82) is 0 Å². The minimum atomic E-state index is -3.23. The van der Waals surface area contributed by atoms with Gasteiger partial charge in [0.05, 0.1) is 5.75 Å². The molecule has 0 aliphatic carbocycles. The second-order valence-corrected chi connectivity index (χ2v) is 6.55. The molecule has 0 saturated heterocycles. The van der Waals surface area contributed by atoms with Gasteiger partial charge in [-0.3, -0.25) is 0 Å². The SMILES string of the molecule is CCNS(=O)(=O)CCNc1nc(Br)cn2ccnc12. The van der Waals surface area contributed by atoms with Gasteiger partial charge < -0.3 is 9.72 Å². The summed E-state index contributed by atoms with van der Waals surface area (Å²) < 4.78 is 27.9. The minimum absolute atomic E-state index is 0.0120. The van der Waals surface area contributed by atoms with Gasteiger partial charge in [-0.1, -0.05) is 6.92 Å². The number of imidazole rings is 1. The van der Waals surface area contributed by atoms with Crippen molar-refractivity contribution in [3.8, 4) is 0 Å². The highest BCUT2D eigenvalue weighted by Crippen LogP contribution is 2.16. The fourth-order valence-electron chi connectivity index (χ4n) is 1.62. The average molecular weight is 348 g/mol. The Labute approximate surface area is 119 Å². The van der Waals surface area contributed by atoms with E-state index in [9.17, 15) is 8.42 Å². The maximum atomic E-state index is 11.5. The highest BCUT2D eigenvalue weighted by Gasteiger charge is 2.10. The Morgan fingerprint density at radius 1 is 1.47 bits per heavy atom. The van der Waals surface area contributed by atoms with Crippen molar-refractivity contribution in [2.75, 3.05) is 24.2 Å². The standard InChI is InChI=1S/C10H14BrN5O2S/c1-2-14-19(17,18)6-4-12-9-10-13-3-5-16(10)7-8(11)15-9/h3,5,7,14H,2,4,6H2,1H3,(H,12,15). The van der Waals surface area contributed by atoms with Crippen LogP contribution in [-0.4, -0.2) is 41.6 Å². The van der Waals surface area contributed by atoms with Crippen molar-refractivity contribution in [2.45, 2.75) is 6.92 Å². The van der Waals surface area contributed by atoms with E-state index in [0.29, 0.717) is 22.6 Å². The number of nitrogens with zero attached hydrogens (tertiary/aromatic N) is 3. The Morgan fingerprint density at radius 2 is 2.26 bits per heavy atom. The minimum Gasteiger partial charge on any atom is -0.366 e. The number of hydrogen-bond donors (Lipinski definition) is 2. The third kappa shape index (κ3) is 3.64. The topological polar surface area (TPSA) is 88.4 Å². The van der Waals surface area contributed by atoms with E-state index in [2.05, 4.69) is 35.9 Å². The van der Waals surface area contributed by atoms with Crippen LogP contribution in [0.2, 0.25) is 0 Å². The highest BCUT2D eigenvalue weighted by molar-refractivity contribution is 9.10. The molecule has 0 aliphatic heterocycles. The van der Waals surface area contributed by atoms with Crippen LogP contribution < -0.4 is 10.0 Å². The fraction of sp³-hybridized carbons (Fsp3) is 0.400. The Hall–Kier alpha value is -1.19. The van der Waals surface area contributed by atoms with Crippen LogP contribution in [0.15, 0.2) is 23.2 Å². The molecule has 2 N–H and O–H groups in total. The van der Waals surface area contributed by atoms with Gasteiger partial charge in [0.25, 0.3) is 0 Å². The highest BCUT2D eigenvalue weighted by atomic mass is 79.9. The molecule has 2 aromatic rings. The zero-order valence-corrected chi connectivity index (χ0v) is 12.7. The van der Waals surface area contributed by atoms with Crippen LogP contribution in [0.4, 0.5) is 5.82 Å². The number of halogens is 1. The zero-order valence-electron chi connectivity index (χ0n) is 10.3. The Balaban J connectivity index is 2.08. The van der Waals surface area contributed by atoms with Gasteiger partial charge in [0.2, 0.25) is 10.0 Å². The van der Waals surface area contributed by atoms with Crippen molar-refractivity contribution in [2.24, 2.45) is 0 Å². The number of sulfonamides is 1. The molecule has 0 bridgehead atoms. The fourth-order valence-corrected chi connectivity index (χ4v) is 2.97. The lowest BCUT2D eigenvalue weighted by Crippen LogP contribution is -2.29. The Morgan fingerprint density at radius 3 is 3.00 bits per heavy atom. The van der Waals surface area contributed by atoms with Crippen LogP contribution >= 0.6 is 15.9 Å². The third-order valence-corrected chi connectivity index (χ3v) is 4.22. The molecule has 7 nitrogen and oxygen atoms in total. The van der Waals surface area contributed by atoms with Crippen LogP contribution in [0.3, 0.4) is 0 Å². The van der Waals surface area contributed by atoms with Crippen molar-refractivity contribution in [1.82, 2.24) is 19.1 Å². The molecule has 0 radical (unpaired) electrons. The second kappa shape index (κ2) is 5.85. The van der Waals surface area contributed by atoms with Crippen LogP contribution in [0.1, 0.15) is 6.92 Å². The summed E-state index contributed by atoms with van der Waals surface area (Å²) in [6.07, 6.45) is 5.23. The largest absolute Gasteiger partial charge is 0.366 e. The summed E-state index contributed by atoms with van der Waals surface area (Å²) in [5, 5.41) is 2.99. The van der Waals surface area contributed by atoms with Crippen molar-refractivity contribution >= 4 is 37.4 Å². The molecular formula is C10H14BrN5O2S. The molecule has 9 heteroatoms. The number of fused-ring (bicyclic) bond motifs is 1. The van der Waals surface area contributed by atoms with Crippen molar-refractivity contribution in [3.63, 3.8) is 0 Å². The predicted octanol–water partition coefficient (Wildman–Crippen LogP) is 0.843. The molecule has 2 heterocycles. The predicted molar refractivity (Wildman–Crippen MR) is 76.6 cm³/mol. The first-order valence-corrected chi connectivity index (χ1v) is 8.17. The summed E-state index contributed by atoms with van der Waals surface area (Å²) in [6.45, 7) is 2.40. The van der Waals surface area contributed by atoms with Gasteiger partial charge in [-0.25, -0.2) is 23.1 Å². The smallest absolute Gasteiger partial charge is 0.213 e. The molecule has 0 saturated carbocycles. The first-order valence-electron chi connectivity index (χ1n) is 5.72. The number of aromatic nitrogens is 3. The molecule has 0 unspecified atom stereocenters. The van der Waals surface area contributed by atoms with E-state index in [1.807, 2.05) is 0 Å². The summed E-state index contributed by atoms with van der Waals surface area (Å²) in [6, 6.07) is 0. The average Bonchev–Trinajstić information content (AvgIpc) is 2.76. The van der Waals surface area contributed by atoms with E-state index in [0.717, 1.165) is 0 Å². The molecule has 0 fully saturated rings. The zero-order chi connectivity index (χ0) is 13.9.